The summed E-state index contributed by atoms with van der Waals surface area (Å²) in [5.41, 5.74) is 4.10. The maximum Gasteiger partial charge on any atom is 0.272 e. The number of aryl methyl sites for hydroxylation is 1. The molecule has 192 valence electrons. The van der Waals surface area contributed by atoms with Crippen molar-refractivity contribution >= 4 is 50.0 Å². The fourth-order valence-corrected chi connectivity index (χ4v) is 4.64. The lowest BCUT2D eigenvalue weighted by molar-refractivity contribution is 0.101. The molecule has 11 nitrogen and oxygen atoms in total. The van der Waals surface area contributed by atoms with E-state index in [1.807, 2.05) is 36.4 Å². The molecule has 0 aliphatic carbocycles. The van der Waals surface area contributed by atoms with E-state index >= 15 is 0 Å². The molecule has 6 rings (SSSR count). The van der Waals surface area contributed by atoms with Crippen molar-refractivity contribution in [3.8, 4) is 22.7 Å². The van der Waals surface area contributed by atoms with Gasteiger partial charge < -0.3 is 20.1 Å². The summed E-state index contributed by atoms with van der Waals surface area (Å²) in [5.74, 6) is 0.0466. The second-order valence-corrected chi connectivity index (χ2v) is 9.55. The number of rotatable bonds is 6. The molecule has 0 unspecified atom stereocenters. The van der Waals surface area contributed by atoms with E-state index in [2.05, 4.69) is 57.3 Å². The van der Waals surface area contributed by atoms with Gasteiger partial charge in [0.25, 0.3) is 11.8 Å². The maximum absolute atomic E-state index is 13.4. The number of carbonyl (C=O) groups is 2. The lowest BCUT2D eigenvalue weighted by Gasteiger charge is -2.09. The molecular formula is C27H19BrN8O3. The summed E-state index contributed by atoms with van der Waals surface area (Å²) in [6.45, 7) is 1.72. The van der Waals surface area contributed by atoms with E-state index < -0.39 is 0 Å². The van der Waals surface area contributed by atoms with Crippen LogP contribution < -0.4 is 10.6 Å². The number of H-pyrrole nitrogens is 2. The maximum atomic E-state index is 13.4. The third-order valence-electron chi connectivity index (χ3n) is 6.11. The van der Waals surface area contributed by atoms with E-state index in [0.717, 1.165) is 15.4 Å². The van der Waals surface area contributed by atoms with Crippen molar-refractivity contribution in [3.63, 3.8) is 0 Å². The Morgan fingerprint density at radius 2 is 1.74 bits per heavy atom. The molecule has 3 aromatic heterocycles. The number of aromatic nitrogens is 6. The monoisotopic (exact) mass is 582 g/mol. The lowest BCUT2D eigenvalue weighted by atomic mass is 10.1. The van der Waals surface area contributed by atoms with Gasteiger partial charge in [-0.2, -0.15) is 0 Å². The second kappa shape index (κ2) is 9.99. The average Bonchev–Trinajstić information content (AvgIpc) is 3.70. The standard InChI is InChI=1S/C27H19BrN8O3/c1-14-22(24(39-34-14)15-6-3-2-4-7-15)27(38)31-20-9-5-8-16-12-21(29-23(16)20)26(37)30-19-11-10-17(28)13-18(19)25-32-35-36-33-25/h2-13,29H,1H3,(H,30,37)(H,31,38)(H,32,33,35,36). The van der Waals surface area contributed by atoms with Crippen molar-refractivity contribution < 1.29 is 14.1 Å². The molecule has 4 N–H and O–H groups in total. The highest BCUT2D eigenvalue weighted by atomic mass is 79.9. The first-order valence-corrected chi connectivity index (χ1v) is 12.6. The molecule has 12 heteroatoms. The van der Waals surface area contributed by atoms with Crippen LogP contribution in [0, 0.1) is 6.92 Å². The molecule has 0 aliphatic rings. The van der Waals surface area contributed by atoms with Crippen molar-refractivity contribution in [2.75, 3.05) is 10.6 Å². The molecule has 3 heterocycles. The normalized spacial score (nSPS) is 11.0. The lowest BCUT2D eigenvalue weighted by Crippen LogP contribution is -2.14. The Bertz CT molecular complexity index is 1830. The number of anilines is 2. The molecule has 6 aromatic rings. The van der Waals surface area contributed by atoms with Gasteiger partial charge in [-0.25, -0.2) is 5.10 Å². The zero-order valence-electron chi connectivity index (χ0n) is 20.3. The van der Waals surface area contributed by atoms with E-state index in [4.69, 9.17) is 4.52 Å². The Balaban J connectivity index is 1.29. The highest BCUT2D eigenvalue weighted by Crippen LogP contribution is 2.31. The quantitative estimate of drug-likeness (QED) is 0.200. The highest BCUT2D eigenvalue weighted by Gasteiger charge is 2.23. The molecule has 0 fully saturated rings. The van der Waals surface area contributed by atoms with Gasteiger partial charge in [0.15, 0.2) is 11.6 Å². The van der Waals surface area contributed by atoms with Gasteiger partial charge in [-0.1, -0.05) is 63.6 Å². The molecule has 0 aliphatic heterocycles. The minimum absolute atomic E-state index is 0.308. The van der Waals surface area contributed by atoms with E-state index in [0.29, 0.717) is 51.0 Å². The van der Waals surface area contributed by atoms with Crippen molar-refractivity contribution in [1.29, 1.82) is 0 Å². The second-order valence-electron chi connectivity index (χ2n) is 8.64. The smallest absolute Gasteiger partial charge is 0.272 e. The summed E-state index contributed by atoms with van der Waals surface area (Å²) >= 11 is 3.43. The highest BCUT2D eigenvalue weighted by molar-refractivity contribution is 9.10. The van der Waals surface area contributed by atoms with Crippen LogP contribution in [-0.4, -0.2) is 42.6 Å². The van der Waals surface area contributed by atoms with Crippen molar-refractivity contribution in [1.82, 2.24) is 30.8 Å². The van der Waals surface area contributed by atoms with Crippen LogP contribution in [0.5, 0.6) is 0 Å². The van der Waals surface area contributed by atoms with Crippen molar-refractivity contribution in [2.45, 2.75) is 6.92 Å². The van der Waals surface area contributed by atoms with Gasteiger partial charge in [-0.15, -0.1) is 5.10 Å². The Morgan fingerprint density at radius 1 is 0.923 bits per heavy atom. The largest absolute Gasteiger partial charge is 0.355 e. The number of hydrogen-bond acceptors (Lipinski definition) is 7. The molecule has 0 bridgehead atoms. The Labute approximate surface area is 229 Å². The fraction of sp³-hybridized carbons (Fsp3) is 0.0370. The van der Waals surface area contributed by atoms with E-state index in [1.54, 1.807) is 43.3 Å². The number of nitrogens with zero attached hydrogens (tertiary/aromatic N) is 4. The van der Waals surface area contributed by atoms with E-state index in [1.165, 1.54) is 0 Å². The summed E-state index contributed by atoms with van der Waals surface area (Å²) < 4.78 is 6.28. The van der Waals surface area contributed by atoms with E-state index in [-0.39, 0.29) is 11.8 Å². The number of halogens is 1. The summed E-state index contributed by atoms with van der Waals surface area (Å²) in [7, 11) is 0. The molecule has 0 saturated carbocycles. The SMILES string of the molecule is Cc1noc(-c2ccccc2)c1C(=O)Nc1cccc2cc(C(=O)Nc3ccc(Br)cc3-c3nnn[nH]3)[nH]c12. The Morgan fingerprint density at radius 3 is 2.54 bits per heavy atom. The molecular weight excluding hydrogens is 564 g/mol. The first-order valence-electron chi connectivity index (χ1n) is 11.8. The Hall–Kier alpha value is -5.10. The minimum Gasteiger partial charge on any atom is -0.355 e. The number of hydrogen-bond donors (Lipinski definition) is 4. The number of fused-ring (bicyclic) bond motifs is 1. The average molecular weight is 583 g/mol. The van der Waals surface area contributed by atoms with Crippen LogP contribution in [0.3, 0.4) is 0 Å². The summed E-state index contributed by atoms with van der Waals surface area (Å²) in [4.78, 5) is 29.7. The number of carbonyl (C=O) groups excluding carboxylic acids is 2. The van der Waals surface area contributed by atoms with Crippen LogP contribution in [0.1, 0.15) is 26.5 Å². The number of amides is 2. The molecule has 0 radical (unpaired) electrons. The van der Waals surface area contributed by atoms with Crippen LogP contribution >= 0.6 is 15.9 Å². The summed E-state index contributed by atoms with van der Waals surface area (Å²) in [6, 6.07) is 21.8. The van der Waals surface area contributed by atoms with Crippen LogP contribution in [-0.2, 0) is 0 Å². The third-order valence-corrected chi connectivity index (χ3v) is 6.60. The Kier molecular flexibility index (Phi) is 6.21. The number of para-hydroxylation sites is 1. The zero-order chi connectivity index (χ0) is 26.9. The number of aromatic amines is 2. The number of tetrazole rings is 1. The zero-order valence-corrected chi connectivity index (χ0v) is 21.9. The van der Waals surface area contributed by atoms with Crippen molar-refractivity contribution in [2.24, 2.45) is 0 Å². The summed E-state index contributed by atoms with van der Waals surface area (Å²) in [6.07, 6.45) is 0. The molecule has 39 heavy (non-hydrogen) atoms. The van der Waals surface area contributed by atoms with Gasteiger partial charge in [-0.3, -0.25) is 9.59 Å². The van der Waals surface area contributed by atoms with Crippen LogP contribution in [0.4, 0.5) is 11.4 Å². The number of benzene rings is 3. The van der Waals surface area contributed by atoms with Crippen LogP contribution in [0.15, 0.2) is 81.8 Å². The predicted molar refractivity (Wildman–Crippen MR) is 148 cm³/mol. The molecule has 0 atom stereocenters. The van der Waals surface area contributed by atoms with Gasteiger partial charge >= 0.3 is 0 Å². The fourth-order valence-electron chi connectivity index (χ4n) is 4.28. The minimum atomic E-state index is -0.374. The molecule has 2 amide bonds. The molecule has 0 spiro atoms. The van der Waals surface area contributed by atoms with Gasteiger partial charge in [0.05, 0.1) is 22.6 Å². The molecule has 3 aromatic carbocycles. The first kappa shape index (κ1) is 24.2. The summed E-state index contributed by atoms with van der Waals surface area (Å²) in [5, 5.41) is 24.5. The molecule has 0 saturated heterocycles. The van der Waals surface area contributed by atoms with Gasteiger partial charge in [-0.05, 0) is 47.7 Å². The predicted octanol–water partition coefficient (Wildman–Crippen LogP) is 5.58. The van der Waals surface area contributed by atoms with E-state index in [9.17, 15) is 9.59 Å². The third kappa shape index (κ3) is 4.68. The van der Waals surface area contributed by atoms with Crippen molar-refractivity contribution in [3.05, 3.63) is 94.2 Å². The van der Waals surface area contributed by atoms with Crippen LogP contribution in [0.25, 0.3) is 33.6 Å². The first-order chi connectivity index (χ1) is 19.0. The van der Waals surface area contributed by atoms with Gasteiger partial charge in [0.2, 0.25) is 0 Å². The number of nitrogens with one attached hydrogen (secondary N) is 4. The topological polar surface area (TPSA) is 154 Å². The van der Waals surface area contributed by atoms with Gasteiger partial charge in [0, 0.05) is 21.0 Å². The van der Waals surface area contributed by atoms with Crippen LogP contribution in [0.2, 0.25) is 0 Å². The van der Waals surface area contributed by atoms with Gasteiger partial charge in [0.1, 0.15) is 11.3 Å².